The molecule has 3 aliphatic carbocycles. The Bertz CT molecular complexity index is 1360. The fraction of sp³-hybridized carbons (Fsp3) is 0.567. The molecule has 0 aromatic heterocycles. The van der Waals surface area contributed by atoms with Gasteiger partial charge in [0.25, 0.3) is 5.91 Å². The van der Waals surface area contributed by atoms with Crippen molar-refractivity contribution in [2.24, 2.45) is 29.4 Å². The zero-order chi connectivity index (χ0) is 30.0. The number of hydrogen-bond acceptors (Lipinski definition) is 10. The van der Waals surface area contributed by atoms with Gasteiger partial charge in [-0.1, -0.05) is 6.07 Å². The number of carbonyl (C=O) groups excluding carboxylic acids is 3. The van der Waals surface area contributed by atoms with Gasteiger partial charge < -0.3 is 30.9 Å². The monoisotopic (exact) mass is 569 g/mol. The number of aliphatic hydroxyl groups excluding tert-OH is 2. The fourth-order valence-electron chi connectivity index (χ4n) is 7.83. The fourth-order valence-corrected chi connectivity index (χ4v) is 7.83. The standard InChI is InChI=1S/C30H39N3O8/c1-30(40)22-18(24(32(2)3)27(37)23(30)28(31)38)12-16-11-17-15(13-33-9-7-14(8-10-33)29(39)41-4)5-6-19(34)21(17)25(35)20(16)26(22)36/h5-6,14,16,18,22,24,34-35,37,40H,7-13H2,1-4H3,(H2,31,38)/t16?,18?,22?,24-,30+/m0/s1. The lowest BCUT2D eigenvalue weighted by Gasteiger charge is -2.52. The Labute approximate surface area is 238 Å². The lowest BCUT2D eigenvalue weighted by molar-refractivity contribution is -0.147. The number of esters is 1. The number of ether oxygens (including phenoxy) is 1. The van der Waals surface area contributed by atoms with Gasteiger partial charge in [-0.2, -0.15) is 0 Å². The molecule has 0 bridgehead atoms. The van der Waals surface area contributed by atoms with E-state index in [0.717, 1.165) is 11.1 Å². The molecule has 1 saturated carbocycles. The summed E-state index contributed by atoms with van der Waals surface area (Å²) >= 11 is 0. The van der Waals surface area contributed by atoms with Gasteiger partial charge in [0.15, 0.2) is 5.78 Å². The second kappa shape index (κ2) is 10.5. The van der Waals surface area contributed by atoms with Gasteiger partial charge in [-0.05, 0) is 88.8 Å². The molecule has 1 saturated heterocycles. The van der Waals surface area contributed by atoms with Gasteiger partial charge >= 0.3 is 5.97 Å². The van der Waals surface area contributed by atoms with Crippen molar-refractivity contribution in [2.45, 2.75) is 50.8 Å². The SMILES string of the molecule is COC(=O)C1CCN(Cc2ccc(O)c3c2CC2CC4C(C(=O)C2=C3O)[C@@](C)(O)C(C(N)=O)=C(O)[C@H]4N(C)C)CC1. The Kier molecular flexibility index (Phi) is 7.42. The molecule has 6 N–H and O–H groups in total. The van der Waals surface area contributed by atoms with Crippen LogP contribution in [0.4, 0.5) is 0 Å². The summed E-state index contributed by atoms with van der Waals surface area (Å²) in [5, 5.41) is 45.0. The summed E-state index contributed by atoms with van der Waals surface area (Å²) in [5.41, 5.74) is 5.09. The predicted molar refractivity (Wildman–Crippen MR) is 148 cm³/mol. The van der Waals surface area contributed by atoms with Crippen molar-refractivity contribution in [3.8, 4) is 5.75 Å². The lowest BCUT2D eigenvalue weighted by Crippen LogP contribution is -2.61. The van der Waals surface area contributed by atoms with E-state index in [1.165, 1.54) is 20.1 Å². The number of amides is 1. The largest absolute Gasteiger partial charge is 0.510 e. The van der Waals surface area contributed by atoms with Crippen LogP contribution in [0, 0.1) is 23.7 Å². The molecule has 2 fully saturated rings. The number of nitrogens with two attached hydrogens (primary N) is 1. The minimum absolute atomic E-state index is 0.119. The number of likely N-dealkylation sites (tertiary alicyclic amines) is 1. The molecule has 1 heterocycles. The first-order valence-corrected chi connectivity index (χ1v) is 14.0. The molecule has 1 aliphatic heterocycles. The topological polar surface area (TPSA) is 174 Å². The Morgan fingerprint density at radius 3 is 2.41 bits per heavy atom. The minimum Gasteiger partial charge on any atom is -0.510 e. The average Bonchev–Trinajstić information content (AvgIpc) is 2.88. The zero-order valence-corrected chi connectivity index (χ0v) is 23.9. The number of phenolic OH excluding ortho intramolecular Hbond substituents is 1. The van der Waals surface area contributed by atoms with E-state index in [0.29, 0.717) is 45.3 Å². The number of carbonyl (C=O) groups is 3. The van der Waals surface area contributed by atoms with E-state index in [9.17, 15) is 34.8 Å². The van der Waals surface area contributed by atoms with E-state index in [2.05, 4.69) is 4.90 Å². The number of ketones is 1. The molecule has 5 atom stereocenters. The molecule has 1 aromatic rings. The third kappa shape index (κ3) is 4.60. The second-order valence-corrected chi connectivity index (χ2v) is 12.3. The number of fused-ring (bicyclic) bond motifs is 3. The van der Waals surface area contributed by atoms with Crippen molar-refractivity contribution in [1.29, 1.82) is 0 Å². The van der Waals surface area contributed by atoms with Crippen molar-refractivity contribution < 1.29 is 39.5 Å². The van der Waals surface area contributed by atoms with Crippen molar-refractivity contribution >= 4 is 23.4 Å². The van der Waals surface area contributed by atoms with Crippen LogP contribution in [0.3, 0.4) is 0 Å². The average molecular weight is 570 g/mol. The molecular weight excluding hydrogens is 530 g/mol. The number of likely N-dealkylation sites (N-methyl/N-ethyl adjacent to an activating group) is 1. The summed E-state index contributed by atoms with van der Waals surface area (Å²) in [7, 11) is 4.84. The number of methoxy groups -OCH3 is 1. The number of rotatable bonds is 5. The summed E-state index contributed by atoms with van der Waals surface area (Å²) in [5.74, 6) is -4.80. The van der Waals surface area contributed by atoms with Crippen LogP contribution in [-0.2, 0) is 32.1 Å². The van der Waals surface area contributed by atoms with E-state index in [1.54, 1.807) is 19.0 Å². The summed E-state index contributed by atoms with van der Waals surface area (Å²) in [6, 6.07) is 2.60. The lowest BCUT2D eigenvalue weighted by atomic mass is 9.55. The van der Waals surface area contributed by atoms with Crippen molar-refractivity contribution in [2.75, 3.05) is 34.3 Å². The third-order valence-corrected chi connectivity index (χ3v) is 9.64. The summed E-state index contributed by atoms with van der Waals surface area (Å²) in [4.78, 5) is 42.3. The number of Topliss-reactive ketones (excluding diaryl/α,β-unsaturated/α-hetero) is 1. The maximum atomic E-state index is 14.1. The van der Waals surface area contributed by atoms with Crippen molar-refractivity contribution in [3.63, 3.8) is 0 Å². The molecule has 1 aromatic carbocycles. The van der Waals surface area contributed by atoms with Gasteiger partial charge in [-0.25, -0.2) is 0 Å². The van der Waals surface area contributed by atoms with Crippen LogP contribution in [0.1, 0.15) is 42.9 Å². The van der Waals surface area contributed by atoms with E-state index in [-0.39, 0.29) is 40.3 Å². The molecule has 222 valence electrons. The molecule has 11 nitrogen and oxygen atoms in total. The number of piperidine rings is 1. The molecule has 4 aliphatic rings. The molecule has 5 rings (SSSR count). The maximum Gasteiger partial charge on any atom is 0.308 e. The quantitative estimate of drug-likeness (QED) is 0.326. The van der Waals surface area contributed by atoms with Gasteiger partial charge in [0.05, 0.1) is 36.1 Å². The van der Waals surface area contributed by atoms with Crippen molar-refractivity contribution in [1.82, 2.24) is 9.80 Å². The first-order chi connectivity index (χ1) is 19.3. The Balaban J connectivity index is 1.52. The number of nitrogens with zero attached hydrogens (tertiary/aromatic N) is 2. The van der Waals surface area contributed by atoms with Crippen LogP contribution in [0.15, 0.2) is 29.0 Å². The van der Waals surface area contributed by atoms with Crippen LogP contribution < -0.4 is 5.73 Å². The molecular formula is C30H39N3O8. The molecule has 41 heavy (non-hydrogen) atoms. The zero-order valence-electron chi connectivity index (χ0n) is 23.9. The van der Waals surface area contributed by atoms with Gasteiger partial charge in [0.2, 0.25) is 0 Å². The number of aliphatic hydroxyl groups is 3. The van der Waals surface area contributed by atoms with Crippen molar-refractivity contribution in [3.05, 3.63) is 45.7 Å². The van der Waals surface area contributed by atoms with E-state index < -0.39 is 46.7 Å². The first kappa shape index (κ1) is 29.1. The number of primary amides is 1. The van der Waals surface area contributed by atoms with E-state index in [4.69, 9.17) is 10.5 Å². The highest BCUT2D eigenvalue weighted by Crippen LogP contribution is 2.54. The van der Waals surface area contributed by atoms with Gasteiger partial charge in [-0.15, -0.1) is 0 Å². The highest BCUT2D eigenvalue weighted by atomic mass is 16.5. The first-order valence-electron chi connectivity index (χ1n) is 14.0. The van der Waals surface area contributed by atoms with Crippen LogP contribution >= 0.6 is 0 Å². The molecule has 3 unspecified atom stereocenters. The highest BCUT2D eigenvalue weighted by Gasteiger charge is 2.60. The Morgan fingerprint density at radius 2 is 1.83 bits per heavy atom. The van der Waals surface area contributed by atoms with Crippen LogP contribution in [-0.4, -0.2) is 93.8 Å². The van der Waals surface area contributed by atoms with Crippen LogP contribution in [0.25, 0.3) is 5.76 Å². The molecule has 1 amide bonds. The smallest absolute Gasteiger partial charge is 0.308 e. The maximum absolute atomic E-state index is 14.1. The predicted octanol–water partition coefficient (Wildman–Crippen LogP) is 1.42. The summed E-state index contributed by atoms with van der Waals surface area (Å²) in [6.45, 7) is 3.24. The number of phenols is 1. The molecule has 0 radical (unpaired) electrons. The summed E-state index contributed by atoms with van der Waals surface area (Å²) in [6.07, 6.45) is 2.09. The van der Waals surface area contributed by atoms with Gasteiger partial charge in [0.1, 0.15) is 22.9 Å². The minimum atomic E-state index is -2.05. The number of hydrogen-bond donors (Lipinski definition) is 5. The van der Waals surface area contributed by atoms with Crippen LogP contribution in [0.5, 0.6) is 5.75 Å². The van der Waals surface area contributed by atoms with Gasteiger partial charge in [0, 0.05) is 12.1 Å². The van der Waals surface area contributed by atoms with Crippen LogP contribution in [0.2, 0.25) is 0 Å². The van der Waals surface area contributed by atoms with Gasteiger partial charge in [-0.3, -0.25) is 24.2 Å². The molecule has 0 spiro atoms. The Hall–Kier alpha value is -3.41. The molecule has 11 heteroatoms. The van der Waals surface area contributed by atoms with E-state index >= 15 is 0 Å². The van der Waals surface area contributed by atoms with E-state index in [1.807, 2.05) is 6.07 Å². The normalized spacial score (nSPS) is 30.6. The third-order valence-electron chi connectivity index (χ3n) is 9.64. The number of allylic oxidation sites excluding steroid dienone is 1. The Morgan fingerprint density at radius 1 is 1.17 bits per heavy atom. The second-order valence-electron chi connectivity index (χ2n) is 12.3. The number of aromatic hydroxyl groups is 1. The highest BCUT2D eigenvalue weighted by molar-refractivity contribution is 6.08. The summed E-state index contributed by atoms with van der Waals surface area (Å²) < 4.78 is 4.89. The number of benzene rings is 1.